The second kappa shape index (κ2) is 4.15. The molecule has 1 aromatic carbocycles. The van der Waals surface area contributed by atoms with Crippen molar-refractivity contribution in [3.05, 3.63) is 34.9 Å². The van der Waals surface area contributed by atoms with Gasteiger partial charge in [-0.3, -0.25) is 0 Å². The predicted octanol–water partition coefficient (Wildman–Crippen LogP) is 3.49. The van der Waals surface area contributed by atoms with E-state index in [4.69, 9.17) is 5.73 Å². The Labute approximate surface area is 98.5 Å². The number of hydrogen-bond acceptors (Lipinski definition) is 1. The van der Waals surface area contributed by atoms with Gasteiger partial charge in [0.1, 0.15) is 0 Å². The van der Waals surface area contributed by atoms with Crippen LogP contribution < -0.4 is 5.73 Å². The molecule has 2 N–H and O–H groups in total. The molecule has 2 heteroatoms. The molecule has 0 radical (unpaired) electrons. The minimum absolute atomic E-state index is 0. The van der Waals surface area contributed by atoms with Crippen LogP contribution in [0.4, 0.5) is 0 Å². The van der Waals surface area contributed by atoms with Crippen LogP contribution in [0.1, 0.15) is 49.4 Å². The van der Waals surface area contributed by atoms with E-state index in [0.29, 0.717) is 5.41 Å². The summed E-state index contributed by atoms with van der Waals surface area (Å²) in [6.45, 7) is 6.76. The molecule has 0 spiro atoms. The normalized spacial score (nSPS) is 22.8. The molecular formula is C13H20ClN. The van der Waals surface area contributed by atoms with Crippen molar-refractivity contribution in [1.29, 1.82) is 0 Å². The van der Waals surface area contributed by atoms with E-state index in [1.165, 1.54) is 23.1 Å². The van der Waals surface area contributed by atoms with Gasteiger partial charge in [-0.05, 0) is 36.3 Å². The van der Waals surface area contributed by atoms with Gasteiger partial charge < -0.3 is 5.73 Å². The lowest BCUT2D eigenvalue weighted by molar-refractivity contribution is 0.396. The van der Waals surface area contributed by atoms with Gasteiger partial charge in [0, 0.05) is 6.04 Å². The van der Waals surface area contributed by atoms with Gasteiger partial charge in [-0.25, -0.2) is 0 Å². The van der Waals surface area contributed by atoms with Gasteiger partial charge in [-0.15, -0.1) is 12.4 Å². The molecule has 1 aliphatic rings. The molecular weight excluding hydrogens is 206 g/mol. The molecule has 84 valence electrons. The van der Waals surface area contributed by atoms with E-state index in [2.05, 4.69) is 39.0 Å². The van der Waals surface area contributed by atoms with E-state index in [9.17, 15) is 0 Å². The van der Waals surface area contributed by atoms with Crippen LogP contribution >= 0.6 is 12.4 Å². The fraction of sp³-hybridized carbons (Fsp3) is 0.538. The minimum Gasteiger partial charge on any atom is -0.324 e. The predicted molar refractivity (Wildman–Crippen MR) is 67.6 cm³/mol. The third-order valence-corrected chi connectivity index (χ3v) is 3.42. The second-order valence-corrected chi connectivity index (χ2v) is 5.12. The van der Waals surface area contributed by atoms with E-state index >= 15 is 0 Å². The van der Waals surface area contributed by atoms with Gasteiger partial charge in [-0.1, -0.05) is 37.6 Å². The number of benzene rings is 1. The standard InChI is InChI=1S/C13H19N.ClH/c1-9-4-5-11-10(8-9)12(14)6-7-13(11,2)3;/h4-5,8,12H,6-7,14H2,1-3H3;1H. The smallest absolute Gasteiger partial charge is 0.0298 e. The summed E-state index contributed by atoms with van der Waals surface area (Å²) < 4.78 is 0. The molecule has 1 nitrogen and oxygen atoms in total. The fourth-order valence-electron chi connectivity index (χ4n) is 2.41. The highest BCUT2D eigenvalue weighted by atomic mass is 35.5. The van der Waals surface area contributed by atoms with Crippen LogP contribution in [0.25, 0.3) is 0 Å². The zero-order valence-corrected chi connectivity index (χ0v) is 10.5. The first-order valence-electron chi connectivity index (χ1n) is 5.37. The Bertz CT molecular complexity index is 358. The Kier molecular flexibility index (Phi) is 3.47. The summed E-state index contributed by atoms with van der Waals surface area (Å²) in [7, 11) is 0. The van der Waals surface area contributed by atoms with Crippen LogP contribution in [-0.4, -0.2) is 0 Å². The summed E-state index contributed by atoms with van der Waals surface area (Å²) in [5.74, 6) is 0. The zero-order chi connectivity index (χ0) is 10.3. The Balaban J connectivity index is 0.00000112. The lowest BCUT2D eigenvalue weighted by atomic mass is 9.71. The molecule has 15 heavy (non-hydrogen) atoms. The van der Waals surface area contributed by atoms with Crippen molar-refractivity contribution in [1.82, 2.24) is 0 Å². The highest BCUT2D eigenvalue weighted by Gasteiger charge is 2.30. The van der Waals surface area contributed by atoms with E-state index in [1.54, 1.807) is 0 Å². The maximum atomic E-state index is 6.14. The minimum atomic E-state index is 0. The largest absolute Gasteiger partial charge is 0.324 e. The Hall–Kier alpha value is -0.530. The maximum Gasteiger partial charge on any atom is 0.0298 e. The lowest BCUT2D eigenvalue weighted by Gasteiger charge is -2.35. The molecule has 1 unspecified atom stereocenters. The maximum absolute atomic E-state index is 6.14. The van der Waals surface area contributed by atoms with Gasteiger partial charge in [0.15, 0.2) is 0 Å². The number of halogens is 1. The molecule has 0 aliphatic heterocycles. The first-order valence-corrected chi connectivity index (χ1v) is 5.37. The van der Waals surface area contributed by atoms with E-state index in [1.807, 2.05) is 0 Å². The lowest BCUT2D eigenvalue weighted by Crippen LogP contribution is -2.29. The van der Waals surface area contributed by atoms with Crippen LogP contribution in [0.2, 0.25) is 0 Å². The van der Waals surface area contributed by atoms with Crippen molar-refractivity contribution in [2.75, 3.05) is 0 Å². The molecule has 0 fully saturated rings. The van der Waals surface area contributed by atoms with Crippen molar-refractivity contribution in [3.8, 4) is 0 Å². The molecule has 2 rings (SSSR count). The molecule has 1 atom stereocenters. The first kappa shape index (κ1) is 12.5. The number of hydrogen-bond donors (Lipinski definition) is 1. The number of nitrogens with two attached hydrogens (primary N) is 1. The topological polar surface area (TPSA) is 26.0 Å². The van der Waals surface area contributed by atoms with Crippen molar-refractivity contribution >= 4 is 12.4 Å². The number of fused-ring (bicyclic) bond motifs is 1. The van der Waals surface area contributed by atoms with Crippen molar-refractivity contribution in [2.45, 2.75) is 45.1 Å². The van der Waals surface area contributed by atoms with E-state index in [0.717, 1.165) is 6.42 Å². The average molecular weight is 226 g/mol. The van der Waals surface area contributed by atoms with Crippen LogP contribution in [0, 0.1) is 6.92 Å². The third kappa shape index (κ3) is 2.19. The average Bonchev–Trinajstić information content (AvgIpc) is 2.12. The summed E-state index contributed by atoms with van der Waals surface area (Å²) in [4.78, 5) is 0. The van der Waals surface area contributed by atoms with Gasteiger partial charge in [-0.2, -0.15) is 0 Å². The molecule has 0 saturated heterocycles. The van der Waals surface area contributed by atoms with Crippen molar-refractivity contribution < 1.29 is 0 Å². The summed E-state index contributed by atoms with van der Waals surface area (Å²) in [5.41, 5.74) is 10.6. The Morgan fingerprint density at radius 2 is 2.00 bits per heavy atom. The highest BCUT2D eigenvalue weighted by molar-refractivity contribution is 5.85. The van der Waals surface area contributed by atoms with Crippen LogP contribution in [-0.2, 0) is 5.41 Å². The summed E-state index contributed by atoms with van der Waals surface area (Å²) in [6, 6.07) is 6.95. The van der Waals surface area contributed by atoms with Crippen molar-refractivity contribution in [2.24, 2.45) is 5.73 Å². The van der Waals surface area contributed by atoms with Gasteiger partial charge in [0.05, 0.1) is 0 Å². The zero-order valence-electron chi connectivity index (χ0n) is 9.71. The molecule has 0 saturated carbocycles. The van der Waals surface area contributed by atoms with Crippen molar-refractivity contribution in [3.63, 3.8) is 0 Å². The SMILES string of the molecule is Cc1ccc2c(c1)C(N)CCC2(C)C.Cl. The molecule has 1 aliphatic carbocycles. The molecule has 1 aromatic rings. The Morgan fingerprint density at radius 3 is 2.67 bits per heavy atom. The van der Waals surface area contributed by atoms with E-state index in [-0.39, 0.29) is 18.4 Å². The van der Waals surface area contributed by atoms with E-state index < -0.39 is 0 Å². The summed E-state index contributed by atoms with van der Waals surface area (Å²) >= 11 is 0. The van der Waals surface area contributed by atoms with Gasteiger partial charge in [0.2, 0.25) is 0 Å². The first-order chi connectivity index (χ1) is 6.50. The quantitative estimate of drug-likeness (QED) is 0.719. The van der Waals surface area contributed by atoms with Crippen LogP contribution in [0.5, 0.6) is 0 Å². The van der Waals surface area contributed by atoms with Gasteiger partial charge in [0.25, 0.3) is 0 Å². The molecule has 0 heterocycles. The monoisotopic (exact) mass is 225 g/mol. The number of aryl methyl sites for hydroxylation is 1. The van der Waals surface area contributed by atoms with Gasteiger partial charge >= 0.3 is 0 Å². The van der Waals surface area contributed by atoms with Crippen LogP contribution in [0.15, 0.2) is 18.2 Å². The molecule has 0 aromatic heterocycles. The Morgan fingerprint density at radius 1 is 1.33 bits per heavy atom. The highest BCUT2D eigenvalue weighted by Crippen LogP contribution is 2.40. The fourth-order valence-corrected chi connectivity index (χ4v) is 2.41. The summed E-state index contributed by atoms with van der Waals surface area (Å²) in [5, 5.41) is 0. The number of rotatable bonds is 0. The summed E-state index contributed by atoms with van der Waals surface area (Å²) in [6.07, 6.45) is 2.31. The third-order valence-electron chi connectivity index (χ3n) is 3.42. The second-order valence-electron chi connectivity index (χ2n) is 5.12. The van der Waals surface area contributed by atoms with Crippen LogP contribution in [0.3, 0.4) is 0 Å². The molecule has 0 bridgehead atoms. The molecule has 0 amide bonds.